The molecule has 0 aliphatic rings. The van der Waals surface area contributed by atoms with Gasteiger partial charge in [-0.15, -0.1) is 0 Å². The van der Waals surface area contributed by atoms with Crippen LogP contribution in [-0.4, -0.2) is 44.3 Å². The van der Waals surface area contributed by atoms with Crippen molar-refractivity contribution in [3.8, 4) is 0 Å². The highest BCUT2D eigenvalue weighted by atomic mass is 35.5. The number of amides is 2. The van der Waals surface area contributed by atoms with Crippen LogP contribution in [0.15, 0.2) is 71.6 Å². The zero-order valence-corrected chi connectivity index (χ0v) is 24.7. The summed E-state index contributed by atoms with van der Waals surface area (Å²) in [6.07, 6.45) is 1.02. The molecular weight excluding hydrogens is 553 g/mol. The van der Waals surface area contributed by atoms with Gasteiger partial charge < -0.3 is 10.2 Å². The van der Waals surface area contributed by atoms with Crippen LogP contribution in [0, 0.1) is 19.7 Å². The summed E-state index contributed by atoms with van der Waals surface area (Å²) in [5, 5.41) is 3.21. The van der Waals surface area contributed by atoms with Gasteiger partial charge in [-0.05, 0) is 91.9 Å². The van der Waals surface area contributed by atoms with Gasteiger partial charge in [0.1, 0.15) is 18.4 Å². The van der Waals surface area contributed by atoms with Crippen LogP contribution in [0.5, 0.6) is 0 Å². The van der Waals surface area contributed by atoms with E-state index in [9.17, 15) is 22.4 Å². The Morgan fingerprint density at radius 2 is 1.60 bits per heavy atom. The Labute approximate surface area is 241 Å². The normalized spacial score (nSPS) is 12.1. The fourth-order valence-corrected chi connectivity index (χ4v) is 5.75. The lowest BCUT2D eigenvalue weighted by Crippen LogP contribution is -2.52. The third kappa shape index (κ3) is 7.61. The average molecular weight is 588 g/mol. The molecule has 2 amide bonds. The highest BCUT2D eigenvalue weighted by molar-refractivity contribution is 7.92. The van der Waals surface area contributed by atoms with Crippen LogP contribution in [0.4, 0.5) is 10.1 Å². The molecule has 0 spiro atoms. The van der Waals surface area contributed by atoms with Gasteiger partial charge in [0.25, 0.3) is 10.0 Å². The maximum atomic E-state index is 14.0. The van der Waals surface area contributed by atoms with E-state index >= 15 is 0 Å². The molecule has 0 fully saturated rings. The fourth-order valence-electron chi connectivity index (χ4n) is 4.22. The third-order valence-corrected chi connectivity index (χ3v) is 8.70. The van der Waals surface area contributed by atoms with Crippen molar-refractivity contribution in [1.82, 2.24) is 10.2 Å². The summed E-state index contributed by atoms with van der Waals surface area (Å²) < 4.78 is 42.4. The minimum atomic E-state index is -4.20. The second-order valence-corrected chi connectivity index (χ2v) is 11.9. The lowest BCUT2D eigenvalue weighted by atomic mass is 10.1. The molecule has 0 saturated heterocycles. The van der Waals surface area contributed by atoms with Crippen molar-refractivity contribution in [2.24, 2.45) is 0 Å². The summed E-state index contributed by atoms with van der Waals surface area (Å²) in [6.45, 7) is 7.37. The Bertz CT molecular complexity index is 1430. The van der Waals surface area contributed by atoms with Crippen LogP contribution in [0.3, 0.4) is 0 Å². The Morgan fingerprint density at radius 3 is 2.17 bits per heavy atom. The fraction of sp³-hybridized carbons (Fsp3) is 0.333. The number of halogens is 2. The quantitative estimate of drug-likeness (QED) is 0.298. The number of carbonyl (C=O) groups excluding carboxylic acids is 2. The van der Waals surface area contributed by atoms with Gasteiger partial charge in [0, 0.05) is 18.1 Å². The second-order valence-electron chi connectivity index (χ2n) is 9.60. The molecule has 214 valence electrons. The highest BCUT2D eigenvalue weighted by Gasteiger charge is 2.33. The molecule has 10 heteroatoms. The van der Waals surface area contributed by atoms with E-state index in [2.05, 4.69) is 5.32 Å². The largest absolute Gasteiger partial charge is 0.354 e. The molecule has 0 bridgehead atoms. The van der Waals surface area contributed by atoms with Crippen LogP contribution in [0.25, 0.3) is 0 Å². The van der Waals surface area contributed by atoms with Gasteiger partial charge in [-0.25, -0.2) is 12.8 Å². The van der Waals surface area contributed by atoms with Crippen molar-refractivity contribution in [1.29, 1.82) is 0 Å². The van der Waals surface area contributed by atoms with E-state index in [1.807, 2.05) is 20.8 Å². The summed E-state index contributed by atoms with van der Waals surface area (Å²) in [4.78, 5) is 28.4. The van der Waals surface area contributed by atoms with Crippen LogP contribution in [0.2, 0.25) is 5.02 Å². The molecular formula is C30H35ClFN3O4S. The summed E-state index contributed by atoms with van der Waals surface area (Å²) >= 11 is 6.00. The van der Waals surface area contributed by atoms with Crippen molar-refractivity contribution < 1.29 is 22.4 Å². The number of benzene rings is 3. The molecule has 1 atom stereocenters. The monoisotopic (exact) mass is 587 g/mol. The number of carbonyl (C=O) groups is 2. The molecule has 1 N–H and O–H groups in total. The van der Waals surface area contributed by atoms with Crippen LogP contribution < -0.4 is 9.62 Å². The number of sulfonamides is 1. The molecule has 3 aromatic carbocycles. The van der Waals surface area contributed by atoms with Gasteiger partial charge in [0.15, 0.2) is 0 Å². The van der Waals surface area contributed by atoms with Gasteiger partial charge in [-0.3, -0.25) is 13.9 Å². The van der Waals surface area contributed by atoms with Crippen LogP contribution in [0.1, 0.15) is 43.4 Å². The Kier molecular flexibility index (Phi) is 10.7. The smallest absolute Gasteiger partial charge is 0.264 e. The van der Waals surface area contributed by atoms with Crippen molar-refractivity contribution in [3.05, 3.63) is 94.3 Å². The number of rotatable bonds is 12. The van der Waals surface area contributed by atoms with Gasteiger partial charge in [-0.1, -0.05) is 43.6 Å². The molecule has 0 heterocycles. The van der Waals surface area contributed by atoms with Crippen molar-refractivity contribution in [2.75, 3.05) is 17.4 Å². The van der Waals surface area contributed by atoms with Crippen LogP contribution in [-0.2, 0) is 26.2 Å². The number of anilines is 1. The maximum Gasteiger partial charge on any atom is 0.264 e. The zero-order chi connectivity index (χ0) is 29.4. The minimum absolute atomic E-state index is 0.00107. The predicted molar refractivity (Wildman–Crippen MR) is 156 cm³/mol. The highest BCUT2D eigenvalue weighted by Crippen LogP contribution is 2.27. The Hall–Kier alpha value is -3.43. The van der Waals surface area contributed by atoms with Gasteiger partial charge >= 0.3 is 0 Å². The minimum Gasteiger partial charge on any atom is -0.354 e. The van der Waals surface area contributed by atoms with E-state index in [4.69, 9.17) is 11.6 Å². The first kappa shape index (κ1) is 31.1. The molecule has 0 aliphatic heterocycles. The lowest BCUT2D eigenvalue weighted by molar-refractivity contribution is -0.140. The van der Waals surface area contributed by atoms with E-state index in [1.165, 1.54) is 53.4 Å². The predicted octanol–water partition coefficient (Wildman–Crippen LogP) is 5.62. The first-order valence-corrected chi connectivity index (χ1v) is 15.0. The number of hydrogen-bond acceptors (Lipinski definition) is 4. The van der Waals surface area contributed by atoms with Crippen LogP contribution >= 0.6 is 11.6 Å². The Morgan fingerprint density at radius 1 is 0.950 bits per heavy atom. The van der Waals surface area contributed by atoms with E-state index in [0.29, 0.717) is 35.7 Å². The molecule has 0 saturated carbocycles. The summed E-state index contributed by atoms with van der Waals surface area (Å²) in [5.41, 5.74) is 2.75. The standard InChI is InChI=1S/C30H35ClFN3O4S/c1-5-17-33-30(37)28(6-2)34(19-23-8-12-25(32)13-9-23)29(36)20-35(26-14-7-21(3)22(4)18-26)40(38,39)27-15-10-24(31)11-16-27/h7-16,18,28H,5-6,17,19-20H2,1-4H3,(H,33,37)/t28-/m0/s1. The van der Waals surface area contributed by atoms with Gasteiger partial charge in [0.2, 0.25) is 11.8 Å². The van der Waals surface area contributed by atoms with Crippen molar-refractivity contribution in [3.63, 3.8) is 0 Å². The Balaban J connectivity index is 2.07. The molecule has 3 aromatic rings. The summed E-state index contributed by atoms with van der Waals surface area (Å²) in [6, 6.07) is 15.7. The number of nitrogens with one attached hydrogen (secondary N) is 1. The molecule has 3 rings (SSSR count). The zero-order valence-electron chi connectivity index (χ0n) is 23.2. The molecule has 0 aliphatic carbocycles. The first-order chi connectivity index (χ1) is 19.0. The van der Waals surface area contributed by atoms with Gasteiger partial charge in [0.05, 0.1) is 10.6 Å². The first-order valence-electron chi connectivity index (χ1n) is 13.1. The molecule has 0 unspecified atom stereocenters. The summed E-state index contributed by atoms with van der Waals surface area (Å²) in [7, 11) is -4.20. The van der Waals surface area contributed by atoms with E-state index in [1.54, 1.807) is 25.1 Å². The number of hydrogen-bond donors (Lipinski definition) is 1. The summed E-state index contributed by atoms with van der Waals surface area (Å²) in [5.74, 6) is -1.33. The third-order valence-electron chi connectivity index (χ3n) is 6.66. The molecule has 0 aromatic heterocycles. The molecule has 7 nitrogen and oxygen atoms in total. The van der Waals surface area contributed by atoms with E-state index in [0.717, 1.165) is 15.4 Å². The molecule has 0 radical (unpaired) electrons. The number of aryl methyl sites for hydroxylation is 2. The molecule has 40 heavy (non-hydrogen) atoms. The van der Waals surface area contributed by atoms with E-state index in [-0.39, 0.29) is 17.3 Å². The van der Waals surface area contributed by atoms with Crippen molar-refractivity contribution in [2.45, 2.75) is 58.0 Å². The second kappa shape index (κ2) is 13.8. The number of nitrogens with zero attached hydrogens (tertiary/aromatic N) is 2. The van der Waals surface area contributed by atoms with E-state index < -0.39 is 34.3 Å². The topological polar surface area (TPSA) is 86.8 Å². The van der Waals surface area contributed by atoms with Gasteiger partial charge in [-0.2, -0.15) is 0 Å². The lowest BCUT2D eigenvalue weighted by Gasteiger charge is -2.33. The maximum absolute atomic E-state index is 14.0. The SMILES string of the molecule is CCCNC(=O)[C@H](CC)N(Cc1ccc(F)cc1)C(=O)CN(c1ccc(C)c(C)c1)S(=O)(=O)c1ccc(Cl)cc1. The average Bonchev–Trinajstić information content (AvgIpc) is 2.93. The van der Waals surface area contributed by atoms with Crippen molar-refractivity contribution >= 4 is 39.1 Å².